The molecule has 0 saturated carbocycles. The Morgan fingerprint density at radius 1 is 0.261 bits per heavy atom. The first-order valence-electron chi connectivity index (χ1n) is 29.7. The van der Waals surface area contributed by atoms with Gasteiger partial charge in [0.1, 0.15) is 11.4 Å². The highest BCUT2D eigenvalue weighted by Crippen LogP contribution is 2.42. The van der Waals surface area contributed by atoms with Crippen LogP contribution in [0.1, 0.15) is 62.2 Å². The van der Waals surface area contributed by atoms with E-state index in [1.54, 1.807) is 0 Å². The van der Waals surface area contributed by atoms with E-state index in [4.69, 9.17) is 24.7 Å². The van der Waals surface area contributed by atoms with Crippen LogP contribution in [0.3, 0.4) is 0 Å². The fourth-order valence-corrected chi connectivity index (χ4v) is 12.4. The minimum atomic E-state index is 0.571. The molecule has 88 heavy (non-hydrogen) atoms. The van der Waals surface area contributed by atoms with E-state index in [1.165, 1.54) is 16.7 Å². The molecule has 0 fully saturated rings. The lowest BCUT2D eigenvalue weighted by Gasteiger charge is -2.10. The molecule has 12 aromatic rings. The van der Waals surface area contributed by atoms with Crippen LogP contribution in [0.5, 0.6) is 11.5 Å². The van der Waals surface area contributed by atoms with Gasteiger partial charge in [0, 0.05) is 72.0 Å². The van der Waals surface area contributed by atoms with Gasteiger partial charge in [-0.05, 0) is 169 Å². The lowest BCUT2D eigenvalue weighted by molar-refractivity contribution is 0.484. The Morgan fingerprint density at radius 3 is 0.989 bits per heavy atom. The van der Waals surface area contributed by atoms with Crippen molar-refractivity contribution in [1.29, 1.82) is 0 Å². The van der Waals surface area contributed by atoms with Crippen LogP contribution in [-0.2, 0) is 0 Å². The predicted octanol–water partition coefficient (Wildman–Crippen LogP) is 20.3. The molecule has 6 aromatic heterocycles. The van der Waals surface area contributed by atoms with Crippen LogP contribution in [-0.4, -0.2) is 39.9 Å². The second kappa shape index (κ2) is 21.4. The third kappa shape index (κ3) is 9.57. The summed E-state index contributed by atoms with van der Waals surface area (Å²) in [5.74, 6) is 1.20. The van der Waals surface area contributed by atoms with E-state index in [1.807, 2.05) is 30.3 Å². The highest BCUT2D eigenvalue weighted by atomic mass is 16.5. The monoisotopic (exact) mass is 1130 g/mol. The molecule has 0 amide bonds. The Labute approximate surface area is 508 Å². The predicted molar refractivity (Wildman–Crippen MR) is 365 cm³/mol. The molecule has 418 valence electrons. The number of hydrogen-bond donors (Lipinski definition) is 4. The molecule has 0 atom stereocenters. The normalized spacial score (nSPS) is 12.3. The number of rotatable bonds is 8. The van der Waals surface area contributed by atoms with Crippen LogP contribution >= 0.6 is 0 Å². The summed E-state index contributed by atoms with van der Waals surface area (Å²) >= 11 is 0. The number of aromatic amines is 4. The summed E-state index contributed by atoms with van der Waals surface area (Å²) in [7, 11) is 0. The van der Waals surface area contributed by atoms with E-state index in [-0.39, 0.29) is 0 Å². The summed E-state index contributed by atoms with van der Waals surface area (Å²) in [6.07, 6.45) is 16.9. The first kappa shape index (κ1) is 51.9. The van der Waals surface area contributed by atoms with Gasteiger partial charge < -0.3 is 24.7 Å². The molecule has 4 N–H and O–H groups in total. The zero-order valence-electron chi connectivity index (χ0n) is 48.5. The fourth-order valence-electron chi connectivity index (χ4n) is 12.4. The summed E-state index contributed by atoms with van der Waals surface area (Å²) in [6.45, 7) is 6.36. The molecule has 10 heterocycles. The number of nitrogens with one attached hydrogen (secondary N) is 4. The number of ether oxygens (including phenoxy) is 1. The molecule has 16 bridgehead atoms. The Bertz CT molecular complexity index is 5190. The van der Waals surface area contributed by atoms with Crippen LogP contribution in [0.4, 0.5) is 0 Å². The molecule has 0 aliphatic carbocycles. The van der Waals surface area contributed by atoms with Crippen LogP contribution in [0.2, 0.25) is 0 Å². The topological polar surface area (TPSA) is 124 Å². The van der Waals surface area contributed by atoms with Crippen molar-refractivity contribution in [2.24, 2.45) is 0 Å². The summed E-state index contributed by atoms with van der Waals surface area (Å²) in [4.78, 5) is 37.0. The maximum absolute atomic E-state index is 7.19. The van der Waals surface area contributed by atoms with Gasteiger partial charge in [-0.15, -0.1) is 0 Å². The largest absolute Gasteiger partial charge is 0.453 e. The number of H-pyrrole nitrogens is 4. The van der Waals surface area contributed by atoms with Gasteiger partial charge in [-0.2, -0.15) is 0 Å². The lowest BCUT2D eigenvalue weighted by atomic mass is 10.0. The van der Waals surface area contributed by atoms with Crippen LogP contribution < -0.4 is 4.74 Å². The average molecular weight is 1130 g/mol. The molecule has 9 heteroatoms. The van der Waals surface area contributed by atoms with E-state index in [9.17, 15) is 0 Å². The minimum absolute atomic E-state index is 0.571. The van der Waals surface area contributed by atoms with Crippen molar-refractivity contribution in [2.45, 2.75) is 20.8 Å². The van der Waals surface area contributed by atoms with E-state index < -0.39 is 0 Å². The third-order valence-corrected chi connectivity index (χ3v) is 16.8. The number of benzene rings is 6. The van der Waals surface area contributed by atoms with Crippen molar-refractivity contribution in [3.05, 3.63) is 275 Å². The number of hydrogen-bond acceptors (Lipinski definition) is 5. The molecule has 0 spiro atoms. The van der Waals surface area contributed by atoms with Crippen molar-refractivity contribution in [3.8, 4) is 78.3 Å². The van der Waals surface area contributed by atoms with E-state index >= 15 is 0 Å². The lowest BCUT2D eigenvalue weighted by Crippen LogP contribution is -1.91. The number of fused-ring (bicyclic) bond motifs is 16. The smallest absolute Gasteiger partial charge is 0.176 e. The number of aryl methyl sites for hydroxylation is 3. The molecule has 9 nitrogen and oxygen atoms in total. The first-order chi connectivity index (χ1) is 43.3. The molecule has 16 rings (SSSR count). The Kier molecular flexibility index (Phi) is 12.6. The van der Waals surface area contributed by atoms with Crippen LogP contribution in [0.15, 0.2) is 212 Å². The summed E-state index contributed by atoms with van der Waals surface area (Å²) in [5, 5.41) is 0. The van der Waals surface area contributed by atoms with Gasteiger partial charge in [0.15, 0.2) is 5.75 Å². The van der Waals surface area contributed by atoms with Crippen LogP contribution in [0, 0.1) is 20.8 Å². The zero-order valence-corrected chi connectivity index (χ0v) is 48.5. The average Bonchev–Trinajstić information content (AvgIpc) is 2.07. The quantitative estimate of drug-likeness (QED) is 0.121. The molecule has 4 aliphatic rings. The van der Waals surface area contributed by atoms with Gasteiger partial charge in [-0.25, -0.2) is 19.9 Å². The van der Waals surface area contributed by atoms with Crippen molar-refractivity contribution < 1.29 is 4.74 Å². The highest BCUT2D eigenvalue weighted by Gasteiger charge is 2.22. The van der Waals surface area contributed by atoms with Crippen molar-refractivity contribution in [3.63, 3.8) is 0 Å². The van der Waals surface area contributed by atoms with Gasteiger partial charge in [0.25, 0.3) is 0 Å². The maximum Gasteiger partial charge on any atom is 0.176 e. The highest BCUT2D eigenvalue weighted by molar-refractivity contribution is 6.01. The van der Waals surface area contributed by atoms with Gasteiger partial charge in [-0.3, -0.25) is 0 Å². The Morgan fingerprint density at radius 2 is 0.568 bits per heavy atom. The fraction of sp³-hybridized carbons (Fsp3) is 0.0380. The van der Waals surface area contributed by atoms with Crippen LogP contribution in [0.25, 0.3) is 160 Å². The Hall–Kier alpha value is -11.7. The van der Waals surface area contributed by atoms with Gasteiger partial charge >= 0.3 is 0 Å². The molecule has 0 saturated heterocycles. The molecule has 0 unspecified atom stereocenters. The second-order valence-electron chi connectivity index (χ2n) is 22.8. The van der Waals surface area contributed by atoms with Gasteiger partial charge in [-0.1, -0.05) is 162 Å². The zero-order chi connectivity index (χ0) is 58.8. The minimum Gasteiger partial charge on any atom is -0.453 e. The molecular weight excluding hydrogens is 1080 g/mol. The standard InChI is InChI=1S/C79H56N8O/c1-47-14-20-52(21-15-47)75-61-34-36-63(82-61)76(53-22-16-48(2)17-23-53)65-38-40-67(84-65)78(68-41-39-66(85-68)77(64-37-35-62(75)83-64)54-24-18-49(3)19-25-54)55-26-30-58(31-27-55)88-79-71-44-42-69(86-71)73(50-10-6-4-7-11-50)59-32-28-56(80-59)46-57-29-33-60(81-57)74(51-12-8-5-9-13-51)70-43-45-72(79)87-70/h4-46,80,82,85,87H,1-3H3. The third-order valence-electron chi connectivity index (χ3n) is 16.8. The van der Waals surface area contributed by atoms with Gasteiger partial charge in [0.2, 0.25) is 0 Å². The second-order valence-corrected chi connectivity index (χ2v) is 22.8. The van der Waals surface area contributed by atoms with Crippen molar-refractivity contribution in [1.82, 2.24) is 39.9 Å². The van der Waals surface area contributed by atoms with Crippen molar-refractivity contribution in [2.75, 3.05) is 0 Å². The molecular formula is C79H56N8O. The summed E-state index contributed by atoms with van der Waals surface area (Å²) in [5.41, 5.74) is 29.5. The molecule has 4 aliphatic heterocycles. The maximum atomic E-state index is 7.19. The molecule has 0 radical (unpaired) electrons. The number of nitrogens with zero attached hydrogens (tertiary/aromatic N) is 4. The first-order valence-corrected chi connectivity index (χ1v) is 29.7. The SMILES string of the molecule is Cc1ccc(-c2c3nc(c(-c4ccc(C)cc4)c4ccc([nH]4)c(-c4ccc(Oc5c6nc(c(-c7ccccc7)c7ccc(cc8nc(c(-c9ccccc9)c9ccc5[nH]9)C=C8)[nH]7)C=C6)cc4)c4nc(c(-c5ccc(C)cc5)c5ccc2[nH]5)C=C4)C=C3)cc1. The van der Waals surface area contributed by atoms with E-state index in [0.717, 1.165) is 151 Å². The van der Waals surface area contributed by atoms with E-state index in [2.05, 4.69) is 271 Å². The van der Waals surface area contributed by atoms with E-state index in [0.29, 0.717) is 17.2 Å². The summed E-state index contributed by atoms with van der Waals surface area (Å²) in [6, 6.07) is 74.4. The Balaban J connectivity index is 0.911. The van der Waals surface area contributed by atoms with Crippen molar-refractivity contribution >= 4 is 92.7 Å². The number of aromatic nitrogens is 8. The van der Waals surface area contributed by atoms with Gasteiger partial charge in [0.05, 0.1) is 45.4 Å². The molecule has 6 aromatic carbocycles. The summed E-state index contributed by atoms with van der Waals surface area (Å²) < 4.78 is 7.19.